The molecule has 0 spiro atoms. The molecule has 5 aromatic carbocycles. The van der Waals surface area contributed by atoms with E-state index in [4.69, 9.17) is 37.0 Å². The van der Waals surface area contributed by atoms with Crippen molar-refractivity contribution in [2.45, 2.75) is 158 Å². The maximum absolute atomic E-state index is 12.3. The molecule has 32 heteroatoms. The van der Waals surface area contributed by atoms with E-state index in [9.17, 15) is 82.7 Å². The van der Waals surface area contributed by atoms with Crippen molar-refractivity contribution in [3.05, 3.63) is 221 Å². The maximum atomic E-state index is 12.3. The van der Waals surface area contributed by atoms with Gasteiger partial charge in [-0.2, -0.15) is 0 Å². The van der Waals surface area contributed by atoms with E-state index < -0.39 is 79.7 Å². The van der Waals surface area contributed by atoms with Crippen molar-refractivity contribution in [2.75, 3.05) is 12.8 Å². The molecule has 7 aliphatic rings. The number of ether oxygens (including phenoxy) is 1. The molecule has 4 N–H and O–H groups in total. The highest BCUT2D eigenvalue weighted by atomic mass is 16.6. The number of fused-ring (bicyclic) bond motifs is 17. The summed E-state index contributed by atoms with van der Waals surface area (Å²) < 4.78 is 39.2. The van der Waals surface area contributed by atoms with Crippen molar-refractivity contribution in [1.82, 2.24) is 29.9 Å². The van der Waals surface area contributed by atoms with Gasteiger partial charge in [0, 0.05) is 90.6 Å². The fourth-order valence-corrected chi connectivity index (χ4v) is 13.6. The number of benzene rings is 5. The van der Waals surface area contributed by atoms with E-state index in [1.54, 1.807) is 67.6 Å². The Morgan fingerprint density at radius 3 is 1.15 bits per heavy atom. The van der Waals surface area contributed by atoms with Crippen molar-refractivity contribution in [3.63, 3.8) is 0 Å². The number of phenols is 2. The zero-order valence-corrected chi connectivity index (χ0v) is 69.2. The Balaban J connectivity index is 0.000000126. The summed E-state index contributed by atoms with van der Waals surface area (Å²) in [4.78, 5) is 193. The Bertz CT molecular complexity index is 6580. The minimum atomic E-state index is -0.806. The molecule has 0 atom stereocenters. The topological polar surface area (TPSA) is 497 Å². The first-order valence-electron chi connectivity index (χ1n) is 38.1. The van der Waals surface area contributed by atoms with E-state index in [1.165, 1.54) is 43.5 Å². The second kappa shape index (κ2) is 30.8. The molecule has 0 amide bonds. The van der Waals surface area contributed by atoms with Crippen LogP contribution in [0.2, 0.25) is 0 Å². The molecular weight excluding hydrogens is 1580 g/mol. The van der Waals surface area contributed by atoms with Gasteiger partial charge in [0.1, 0.15) is 22.8 Å². The van der Waals surface area contributed by atoms with Gasteiger partial charge in [-0.3, -0.25) is 72.4 Å². The average Bonchev–Trinajstić information content (AvgIpc) is 1.53. The van der Waals surface area contributed by atoms with Crippen LogP contribution in [0.5, 0.6) is 17.2 Å². The summed E-state index contributed by atoms with van der Waals surface area (Å²) in [6, 6.07) is 23.2. The zero-order valence-electron chi connectivity index (χ0n) is 69.2. The van der Waals surface area contributed by atoms with Crippen LogP contribution in [0.3, 0.4) is 0 Å². The number of nitrogen functional groups attached to an aromatic ring is 1. The maximum Gasteiger partial charge on any atom is 0.281 e. The first-order chi connectivity index (χ1) is 57.1. The van der Waals surface area contributed by atoms with Gasteiger partial charge in [0.2, 0.25) is 58.3 Å². The summed E-state index contributed by atoms with van der Waals surface area (Å²) in [5.41, 5.74) is 8.38. The molecule has 18 rings (SSSR count). The minimum absolute atomic E-state index is 0.00294. The molecule has 122 heavy (non-hydrogen) atoms. The highest BCUT2D eigenvalue weighted by molar-refractivity contribution is 6.56. The first kappa shape index (κ1) is 85.0. The normalized spacial score (nSPS) is 14.7. The van der Waals surface area contributed by atoms with Crippen molar-refractivity contribution in [2.24, 2.45) is 0 Å². The zero-order chi connectivity index (χ0) is 89.2. The highest BCUT2D eigenvalue weighted by Gasteiger charge is 2.46. The number of hydrogen-bond acceptors (Lipinski definition) is 31. The number of anilines is 1. The van der Waals surface area contributed by atoms with Gasteiger partial charge in [0.15, 0.2) is 86.3 Å². The number of nitrogens with two attached hydrogens (primary N) is 1. The Kier molecular flexibility index (Phi) is 21.5. The van der Waals surface area contributed by atoms with E-state index in [-0.39, 0.29) is 154 Å². The lowest BCUT2D eigenvalue weighted by Gasteiger charge is -2.20. The molecule has 0 radical (unpaired) electrons. The predicted molar refractivity (Wildman–Crippen MR) is 433 cm³/mol. The van der Waals surface area contributed by atoms with Gasteiger partial charge in [-0.05, 0) is 48.9 Å². The van der Waals surface area contributed by atoms with Gasteiger partial charge in [-0.15, -0.1) is 0 Å². The Hall–Kier alpha value is -14.9. The third kappa shape index (κ3) is 14.8. The summed E-state index contributed by atoms with van der Waals surface area (Å²) >= 11 is 0. The van der Waals surface area contributed by atoms with Crippen molar-refractivity contribution in [1.29, 1.82) is 0 Å². The lowest BCUT2D eigenvalue weighted by atomic mass is 9.81. The second-order valence-electron chi connectivity index (χ2n) is 33.8. The van der Waals surface area contributed by atoms with Gasteiger partial charge in [0.25, 0.3) is 40.4 Å². The van der Waals surface area contributed by atoms with Crippen molar-refractivity contribution in [3.8, 4) is 73.9 Å². The number of Topliss-reactive ketones (excluding diaryl/α,β-unsaturated/α-hetero) is 12. The van der Waals surface area contributed by atoms with Crippen LogP contribution in [0.1, 0.15) is 292 Å². The molecule has 0 saturated heterocycles. The lowest BCUT2D eigenvalue weighted by Crippen LogP contribution is -2.27. The number of oxazole rings is 6. The molecule has 0 unspecified atom stereocenters. The number of carbonyl (C=O) groups is 13. The van der Waals surface area contributed by atoms with Gasteiger partial charge in [-0.25, -0.2) is 29.9 Å². The first-order valence-corrected chi connectivity index (χ1v) is 38.1. The number of nitro groups is 1. The molecule has 622 valence electrons. The fraction of sp³-hybridized carbons (Fsp3) is 0.278. The third-order valence-corrected chi connectivity index (χ3v) is 19.8. The molecule has 0 aliphatic heterocycles. The molecule has 0 saturated carbocycles. The van der Waals surface area contributed by atoms with Gasteiger partial charge < -0.3 is 47.2 Å². The van der Waals surface area contributed by atoms with E-state index in [1.807, 2.05) is 111 Å². The van der Waals surface area contributed by atoms with Crippen LogP contribution >= 0.6 is 0 Å². The average molecular weight is 1660 g/mol. The number of nitrogens with zero attached hydrogens (tertiary/aromatic N) is 7. The molecular formula is C90H78N8O24. The SMILES string of the molecule is CC(C)(C)c1nc2c(o1)-c1c(N)cccc1C(=O)C2=O.CC(C)(C)c1nc2c(o1)-c1c(cccc1[N+](=O)[O-])C(=O)C2=O.CC(C)(C)c1nc2c(o1)-c1cccc(O)c1C(=O)C2=O.CC(C)c1nc2c(o1)-c1cccc(O)c1C(=O)C2=O.CC1=CC(=O)CC2=C1c1oc(C(C)C)nc1C(=O)C2=O.COc1cccc2c1C(=O)C(=O)c1nc(C(C)(C)C)oc1-2. The third-order valence-electron chi connectivity index (χ3n) is 19.8. The van der Waals surface area contributed by atoms with Crippen LogP contribution in [0, 0.1) is 10.1 Å². The van der Waals surface area contributed by atoms with Crippen LogP contribution in [0.15, 0.2) is 135 Å². The minimum Gasteiger partial charge on any atom is -0.507 e. The lowest BCUT2D eigenvalue weighted by molar-refractivity contribution is -0.384. The Morgan fingerprint density at radius 2 is 0.721 bits per heavy atom. The number of rotatable bonds is 4. The van der Waals surface area contributed by atoms with Crippen LogP contribution < -0.4 is 10.5 Å². The molecule has 11 aromatic rings. The summed E-state index contributed by atoms with van der Waals surface area (Å²) in [5.74, 6) is -4.81. The highest BCUT2D eigenvalue weighted by Crippen LogP contribution is 2.48. The molecule has 7 aliphatic carbocycles. The summed E-state index contributed by atoms with van der Waals surface area (Å²) in [6.45, 7) is 32.1. The van der Waals surface area contributed by atoms with Crippen LogP contribution in [0.25, 0.3) is 62.2 Å². The second-order valence-corrected chi connectivity index (χ2v) is 33.8. The summed E-state index contributed by atoms with van der Waals surface area (Å²) in [6.07, 6.45) is 1.43. The number of phenolic OH excluding ortho intramolecular Hbond substituents is 2. The van der Waals surface area contributed by atoms with Gasteiger partial charge in [-0.1, -0.05) is 165 Å². The molecule has 6 heterocycles. The fourth-order valence-electron chi connectivity index (χ4n) is 13.6. The number of allylic oxidation sites excluding steroid dienone is 4. The van der Waals surface area contributed by atoms with Crippen molar-refractivity contribution < 1.29 is 109 Å². The Morgan fingerprint density at radius 1 is 0.393 bits per heavy atom. The number of carbonyl (C=O) groups excluding carboxylic acids is 13. The van der Waals surface area contributed by atoms with Crippen LogP contribution in [0.4, 0.5) is 11.4 Å². The standard InChI is InChI=1S/C16H15NO4.C15H12N2O5.C15H14N2O3.2C15H13NO4.C14H11NO4/c1-16(2,3)15-17-11-13(19)12(18)10-8(14(11)21-15)6-5-7-9(10)20-4;1-15(2,3)14-16-10-12(19)11(18)7-5-4-6-8(17(20)21)9(7)13(10)22-14;1-15(2,3)14-17-10-12(19)11(18)7-5-4-6-8(16)9(7)13(10)20-14;1-6(2)15-16-11-13(19)12(18)9-5-8(17)4-7(3)10(9)14(11)20-15;1-15(2,3)14-16-10-12(19)11(18)9-7(13(10)20-14)5-4-6-8(9)17;1-6(2)14-15-10-12(18)11(17)9-7(13(10)19-14)4-3-5-8(9)16/h5-7H,1-4H3;4-6H,1-3H3;4-6H,16H2,1-3H3;4,6H,5H2,1-3H3;4-6,17H,1-3H3;3-6,16H,1-2H3. The quantitative estimate of drug-likeness (QED) is 0.0637. The number of ketones is 13. The molecule has 6 aromatic heterocycles. The smallest absolute Gasteiger partial charge is 0.281 e. The van der Waals surface area contributed by atoms with Crippen LogP contribution in [-0.2, 0) is 31.2 Å². The van der Waals surface area contributed by atoms with E-state index in [0.29, 0.717) is 91.6 Å². The van der Waals surface area contributed by atoms with E-state index in [0.717, 1.165) is 0 Å². The Labute approximate surface area is 693 Å². The predicted octanol–water partition coefficient (Wildman–Crippen LogP) is 16.1. The number of aromatic hydroxyl groups is 2. The van der Waals surface area contributed by atoms with E-state index >= 15 is 0 Å². The van der Waals surface area contributed by atoms with Crippen LogP contribution in [-0.4, -0.2) is 127 Å². The molecule has 0 fully saturated rings. The summed E-state index contributed by atoms with van der Waals surface area (Å²) in [7, 11) is 1.46. The van der Waals surface area contributed by atoms with Gasteiger partial charge in [0.05, 0.1) is 34.3 Å². The number of nitro benzene ring substituents is 1. The van der Waals surface area contributed by atoms with Crippen molar-refractivity contribution >= 4 is 92.1 Å². The molecule has 0 bridgehead atoms. The number of methoxy groups -OCH3 is 1. The summed E-state index contributed by atoms with van der Waals surface area (Å²) in [5, 5.41) is 30.8. The molecule has 32 nitrogen and oxygen atoms in total. The van der Waals surface area contributed by atoms with Gasteiger partial charge >= 0.3 is 0 Å². The monoisotopic (exact) mass is 1650 g/mol. The van der Waals surface area contributed by atoms with E-state index in [2.05, 4.69) is 29.9 Å². The largest absolute Gasteiger partial charge is 0.507 e. The number of hydrogen-bond donors (Lipinski definition) is 3. The number of aromatic nitrogens is 6.